The normalized spacial score (nSPS) is 17.3. The van der Waals surface area contributed by atoms with Crippen molar-refractivity contribution in [3.8, 4) is 0 Å². The van der Waals surface area contributed by atoms with Gasteiger partial charge in [0.25, 0.3) is 5.56 Å². The van der Waals surface area contributed by atoms with Crippen LogP contribution in [0.25, 0.3) is 5.65 Å². The molecule has 1 fully saturated rings. The summed E-state index contributed by atoms with van der Waals surface area (Å²) in [7, 11) is 0. The summed E-state index contributed by atoms with van der Waals surface area (Å²) in [5.41, 5.74) is 3.05. The van der Waals surface area contributed by atoms with Crippen molar-refractivity contribution in [2.24, 2.45) is 5.92 Å². The first-order valence-corrected chi connectivity index (χ1v) is 9.21. The molecule has 8 heteroatoms. The highest BCUT2D eigenvalue weighted by Crippen LogP contribution is 2.24. The Morgan fingerprint density at radius 3 is 2.85 bits per heavy atom. The van der Waals surface area contributed by atoms with E-state index < -0.39 is 0 Å². The van der Waals surface area contributed by atoms with Crippen LogP contribution in [-0.4, -0.2) is 42.7 Å². The molecule has 2 aliphatic rings. The minimum Gasteiger partial charge on any atom is -0.354 e. The van der Waals surface area contributed by atoms with E-state index >= 15 is 0 Å². The summed E-state index contributed by atoms with van der Waals surface area (Å²) < 4.78 is 3.42. The Morgan fingerprint density at radius 2 is 1.96 bits per heavy atom. The van der Waals surface area contributed by atoms with Crippen molar-refractivity contribution in [2.45, 2.75) is 39.2 Å². The van der Waals surface area contributed by atoms with Crippen molar-refractivity contribution in [2.75, 3.05) is 18.0 Å². The molecule has 26 heavy (non-hydrogen) atoms. The fourth-order valence-corrected chi connectivity index (χ4v) is 3.90. The molecule has 1 saturated heterocycles. The number of aromatic nitrogens is 6. The Morgan fingerprint density at radius 1 is 1.12 bits per heavy atom. The molecular formula is C18H21N7O. The van der Waals surface area contributed by atoms with E-state index in [0.717, 1.165) is 54.5 Å². The number of hydrogen-bond donors (Lipinski definition) is 0. The van der Waals surface area contributed by atoms with Gasteiger partial charge in [0.2, 0.25) is 0 Å². The first-order chi connectivity index (χ1) is 12.7. The van der Waals surface area contributed by atoms with Gasteiger partial charge in [0.05, 0.1) is 12.2 Å². The summed E-state index contributed by atoms with van der Waals surface area (Å²) in [6.45, 7) is 4.33. The number of nitrogens with zero attached hydrogens (tertiary/aromatic N) is 7. The second kappa shape index (κ2) is 5.89. The summed E-state index contributed by atoms with van der Waals surface area (Å²) >= 11 is 0. The van der Waals surface area contributed by atoms with Gasteiger partial charge >= 0.3 is 0 Å². The van der Waals surface area contributed by atoms with E-state index in [9.17, 15) is 4.79 Å². The molecule has 5 rings (SSSR count). The first kappa shape index (κ1) is 15.5. The second-order valence-corrected chi connectivity index (χ2v) is 7.32. The molecule has 0 unspecified atom stereocenters. The fraction of sp³-hybridized carbons (Fsp3) is 0.500. The number of anilines is 1. The Balaban J connectivity index is 1.29. The third-order valence-corrected chi connectivity index (χ3v) is 5.39. The topological polar surface area (TPSA) is 81.2 Å². The average Bonchev–Trinajstić information content (AvgIpc) is 2.98. The van der Waals surface area contributed by atoms with Gasteiger partial charge in [-0.1, -0.05) is 0 Å². The van der Waals surface area contributed by atoms with Gasteiger partial charge in [0.1, 0.15) is 5.82 Å². The average molecular weight is 351 g/mol. The van der Waals surface area contributed by atoms with Gasteiger partial charge in [-0.25, -0.2) is 4.68 Å². The van der Waals surface area contributed by atoms with Gasteiger partial charge in [-0.2, -0.15) is 9.61 Å². The van der Waals surface area contributed by atoms with Crippen LogP contribution in [0.15, 0.2) is 23.0 Å². The SMILES string of the molecule is Cc1nnc2ccc(N3CC(Cn4nc5c(cc4=O)CCCC5)C3)nn12. The van der Waals surface area contributed by atoms with Crippen molar-refractivity contribution >= 4 is 11.5 Å². The van der Waals surface area contributed by atoms with Crippen molar-refractivity contribution in [1.29, 1.82) is 0 Å². The lowest BCUT2D eigenvalue weighted by atomic mass is 9.96. The molecule has 0 spiro atoms. The number of rotatable bonds is 3. The van der Waals surface area contributed by atoms with Crippen molar-refractivity contribution in [3.05, 3.63) is 45.6 Å². The Labute approximate surface area is 150 Å². The lowest BCUT2D eigenvalue weighted by Gasteiger charge is -2.40. The molecule has 8 nitrogen and oxygen atoms in total. The van der Waals surface area contributed by atoms with Crippen molar-refractivity contribution in [3.63, 3.8) is 0 Å². The van der Waals surface area contributed by atoms with Crippen LogP contribution in [0.1, 0.15) is 29.9 Å². The summed E-state index contributed by atoms with van der Waals surface area (Å²) in [5, 5.41) is 17.3. The van der Waals surface area contributed by atoms with E-state index in [2.05, 4.69) is 25.3 Å². The molecule has 4 heterocycles. The van der Waals surface area contributed by atoms with Crippen LogP contribution in [0.5, 0.6) is 0 Å². The largest absolute Gasteiger partial charge is 0.354 e. The van der Waals surface area contributed by atoms with Crippen molar-refractivity contribution < 1.29 is 0 Å². The van der Waals surface area contributed by atoms with Crippen LogP contribution in [0.3, 0.4) is 0 Å². The van der Waals surface area contributed by atoms with Crippen LogP contribution in [0, 0.1) is 12.8 Å². The molecule has 1 aliphatic carbocycles. The van der Waals surface area contributed by atoms with Crippen molar-refractivity contribution in [1.82, 2.24) is 29.6 Å². The van der Waals surface area contributed by atoms with E-state index in [-0.39, 0.29) is 5.56 Å². The molecule has 1 aliphatic heterocycles. The molecule has 0 atom stereocenters. The zero-order valence-corrected chi connectivity index (χ0v) is 14.8. The van der Waals surface area contributed by atoms with E-state index in [1.807, 2.05) is 19.1 Å². The Kier molecular flexibility index (Phi) is 3.51. The molecular weight excluding hydrogens is 330 g/mol. The van der Waals surface area contributed by atoms with Crippen LogP contribution in [0.4, 0.5) is 5.82 Å². The molecule has 134 valence electrons. The van der Waals surface area contributed by atoms with E-state index in [1.54, 1.807) is 15.3 Å². The van der Waals surface area contributed by atoms with E-state index in [0.29, 0.717) is 12.5 Å². The molecule has 0 N–H and O–H groups in total. The molecule has 3 aromatic rings. The second-order valence-electron chi connectivity index (χ2n) is 7.32. The number of aryl methyl sites for hydroxylation is 3. The van der Waals surface area contributed by atoms with E-state index in [4.69, 9.17) is 0 Å². The predicted octanol–water partition coefficient (Wildman–Crippen LogP) is 1.00. The highest BCUT2D eigenvalue weighted by molar-refractivity contribution is 5.47. The lowest BCUT2D eigenvalue weighted by Crippen LogP contribution is -2.50. The summed E-state index contributed by atoms with van der Waals surface area (Å²) in [4.78, 5) is 14.5. The third-order valence-electron chi connectivity index (χ3n) is 5.39. The molecule has 0 saturated carbocycles. The maximum atomic E-state index is 12.3. The Bertz CT molecular complexity index is 1030. The molecule has 0 bridgehead atoms. The minimum absolute atomic E-state index is 0.0313. The predicted molar refractivity (Wildman–Crippen MR) is 96.4 cm³/mol. The quantitative estimate of drug-likeness (QED) is 0.700. The molecule has 0 radical (unpaired) electrons. The molecule has 0 amide bonds. The third kappa shape index (κ3) is 2.56. The fourth-order valence-electron chi connectivity index (χ4n) is 3.90. The summed E-state index contributed by atoms with van der Waals surface area (Å²) in [6.07, 6.45) is 4.33. The summed E-state index contributed by atoms with van der Waals surface area (Å²) in [5.74, 6) is 2.12. The van der Waals surface area contributed by atoms with Gasteiger partial charge in [-0.15, -0.1) is 15.3 Å². The standard InChI is InChI=1S/C18H21N7O/c1-12-19-20-16-6-7-17(22-25(12)16)23-9-13(10-23)11-24-18(26)8-14-4-2-3-5-15(14)21-24/h6-8,13H,2-5,9-11H2,1H3. The zero-order valence-electron chi connectivity index (χ0n) is 14.8. The highest BCUT2D eigenvalue weighted by Gasteiger charge is 2.29. The maximum Gasteiger partial charge on any atom is 0.267 e. The van der Waals surface area contributed by atoms with Crippen LogP contribution < -0.4 is 10.5 Å². The summed E-state index contributed by atoms with van der Waals surface area (Å²) in [6, 6.07) is 5.70. The zero-order chi connectivity index (χ0) is 17.7. The van der Waals surface area contributed by atoms with Gasteiger partial charge in [0.15, 0.2) is 11.5 Å². The Hall–Kier alpha value is -2.77. The number of fused-ring (bicyclic) bond motifs is 2. The highest BCUT2D eigenvalue weighted by atomic mass is 16.1. The smallest absolute Gasteiger partial charge is 0.267 e. The van der Waals surface area contributed by atoms with Gasteiger partial charge in [-0.3, -0.25) is 4.79 Å². The molecule has 3 aromatic heterocycles. The minimum atomic E-state index is 0.0313. The monoisotopic (exact) mass is 351 g/mol. The van der Waals surface area contributed by atoms with Crippen LogP contribution in [0.2, 0.25) is 0 Å². The first-order valence-electron chi connectivity index (χ1n) is 9.21. The van der Waals surface area contributed by atoms with Crippen LogP contribution >= 0.6 is 0 Å². The van der Waals surface area contributed by atoms with E-state index in [1.165, 1.54) is 12.8 Å². The van der Waals surface area contributed by atoms with Gasteiger partial charge < -0.3 is 4.90 Å². The van der Waals surface area contributed by atoms with Gasteiger partial charge in [0, 0.05) is 25.1 Å². The maximum absolute atomic E-state index is 12.3. The van der Waals surface area contributed by atoms with Gasteiger partial charge in [-0.05, 0) is 50.3 Å². The van der Waals surface area contributed by atoms with Crippen LogP contribution in [-0.2, 0) is 19.4 Å². The molecule has 0 aromatic carbocycles. The number of hydrogen-bond acceptors (Lipinski definition) is 6. The lowest BCUT2D eigenvalue weighted by molar-refractivity contribution is 0.329.